The largest absolute Gasteiger partial charge is 0.483 e. The first kappa shape index (κ1) is 13.9. The molecule has 0 aliphatic carbocycles. The second kappa shape index (κ2) is 5.40. The fourth-order valence-corrected chi connectivity index (χ4v) is 2.86. The lowest BCUT2D eigenvalue weighted by Gasteiger charge is -2.32. The summed E-state index contributed by atoms with van der Waals surface area (Å²) in [6, 6.07) is 12.7. The van der Waals surface area contributed by atoms with Crippen LogP contribution in [0.4, 0.5) is 0 Å². The second-order valence-corrected chi connectivity index (χ2v) is 6.27. The third kappa shape index (κ3) is 2.87. The number of fused-ring (bicyclic) bond motifs is 3. The molecular weight excluding hydrogens is 256 g/mol. The summed E-state index contributed by atoms with van der Waals surface area (Å²) in [5.41, 5.74) is 2.36. The molecular formula is C20H22O. The highest BCUT2D eigenvalue weighted by Gasteiger charge is 2.27. The SMILES string of the molecule is CC(C)=CCCC1(C)C=Cc2c(ccc3ccccc23)O1. The van der Waals surface area contributed by atoms with Crippen LogP contribution in [0.2, 0.25) is 0 Å². The van der Waals surface area contributed by atoms with Crippen molar-refractivity contribution < 1.29 is 4.74 Å². The van der Waals surface area contributed by atoms with Crippen LogP contribution in [0, 0.1) is 0 Å². The van der Waals surface area contributed by atoms with Crippen molar-refractivity contribution in [3.63, 3.8) is 0 Å². The molecule has 1 unspecified atom stereocenters. The maximum atomic E-state index is 6.29. The third-order valence-electron chi connectivity index (χ3n) is 4.07. The van der Waals surface area contributed by atoms with Crippen LogP contribution in [0.15, 0.2) is 54.1 Å². The highest BCUT2D eigenvalue weighted by Crippen LogP contribution is 2.37. The summed E-state index contributed by atoms with van der Waals surface area (Å²) in [6.07, 6.45) is 8.76. The van der Waals surface area contributed by atoms with Gasteiger partial charge in [-0.15, -0.1) is 0 Å². The monoisotopic (exact) mass is 278 g/mol. The van der Waals surface area contributed by atoms with E-state index in [4.69, 9.17) is 4.74 Å². The minimum atomic E-state index is -0.207. The molecule has 2 aromatic carbocycles. The van der Waals surface area contributed by atoms with E-state index < -0.39 is 0 Å². The minimum absolute atomic E-state index is 0.207. The molecule has 0 spiro atoms. The maximum Gasteiger partial charge on any atom is 0.128 e. The molecule has 0 N–H and O–H groups in total. The van der Waals surface area contributed by atoms with Crippen LogP contribution in [0.25, 0.3) is 16.8 Å². The van der Waals surface area contributed by atoms with Crippen molar-refractivity contribution in [3.05, 3.63) is 59.7 Å². The lowest BCUT2D eigenvalue weighted by molar-refractivity contribution is 0.129. The average Bonchev–Trinajstić information content (AvgIpc) is 2.46. The van der Waals surface area contributed by atoms with E-state index in [2.05, 4.69) is 75.4 Å². The van der Waals surface area contributed by atoms with Crippen molar-refractivity contribution in [2.75, 3.05) is 0 Å². The zero-order chi connectivity index (χ0) is 14.9. The topological polar surface area (TPSA) is 9.23 Å². The first-order chi connectivity index (χ1) is 10.1. The summed E-state index contributed by atoms with van der Waals surface area (Å²) in [7, 11) is 0. The van der Waals surface area contributed by atoms with Gasteiger partial charge in [0.05, 0.1) is 0 Å². The Hall–Kier alpha value is -2.02. The van der Waals surface area contributed by atoms with Crippen LogP contribution < -0.4 is 4.74 Å². The van der Waals surface area contributed by atoms with Crippen molar-refractivity contribution in [2.45, 2.75) is 39.2 Å². The Balaban J connectivity index is 1.90. The molecule has 108 valence electrons. The van der Waals surface area contributed by atoms with Gasteiger partial charge in [0.1, 0.15) is 11.4 Å². The minimum Gasteiger partial charge on any atom is -0.483 e. The van der Waals surface area contributed by atoms with E-state index in [1.807, 2.05) is 0 Å². The maximum absolute atomic E-state index is 6.29. The fraction of sp³-hybridized carbons (Fsp3) is 0.300. The van der Waals surface area contributed by atoms with E-state index in [0.29, 0.717) is 0 Å². The van der Waals surface area contributed by atoms with Crippen LogP contribution in [0.1, 0.15) is 39.2 Å². The summed E-state index contributed by atoms with van der Waals surface area (Å²) in [6.45, 7) is 6.45. The van der Waals surface area contributed by atoms with Crippen molar-refractivity contribution in [3.8, 4) is 5.75 Å². The average molecular weight is 278 g/mol. The number of ether oxygens (including phenoxy) is 1. The Morgan fingerprint density at radius 3 is 2.76 bits per heavy atom. The van der Waals surface area contributed by atoms with Crippen molar-refractivity contribution in [2.24, 2.45) is 0 Å². The fourth-order valence-electron chi connectivity index (χ4n) is 2.86. The zero-order valence-electron chi connectivity index (χ0n) is 13.0. The highest BCUT2D eigenvalue weighted by atomic mass is 16.5. The van der Waals surface area contributed by atoms with Gasteiger partial charge in [0.2, 0.25) is 0 Å². The van der Waals surface area contributed by atoms with Gasteiger partial charge in [0.25, 0.3) is 0 Å². The molecule has 1 aliphatic heterocycles. The molecule has 1 heterocycles. The summed E-state index contributed by atoms with van der Waals surface area (Å²) in [5.74, 6) is 0.996. The number of benzene rings is 2. The first-order valence-corrected chi connectivity index (χ1v) is 7.61. The molecule has 2 aromatic rings. The van der Waals surface area contributed by atoms with E-state index in [1.165, 1.54) is 21.9 Å². The van der Waals surface area contributed by atoms with Gasteiger partial charge >= 0.3 is 0 Å². The van der Waals surface area contributed by atoms with Gasteiger partial charge in [-0.3, -0.25) is 0 Å². The lowest BCUT2D eigenvalue weighted by Crippen LogP contribution is -2.31. The van der Waals surface area contributed by atoms with E-state index in [-0.39, 0.29) is 5.60 Å². The van der Waals surface area contributed by atoms with Crippen LogP contribution in [-0.2, 0) is 0 Å². The van der Waals surface area contributed by atoms with Gasteiger partial charge in [0.15, 0.2) is 0 Å². The van der Waals surface area contributed by atoms with Crippen LogP contribution in [0.5, 0.6) is 5.75 Å². The first-order valence-electron chi connectivity index (χ1n) is 7.61. The Bertz CT molecular complexity index is 720. The molecule has 1 nitrogen and oxygen atoms in total. The molecule has 1 atom stereocenters. The van der Waals surface area contributed by atoms with E-state index in [1.54, 1.807) is 0 Å². The van der Waals surface area contributed by atoms with Gasteiger partial charge in [-0.05, 0) is 56.5 Å². The predicted octanol–water partition coefficient (Wildman–Crippen LogP) is 5.75. The Labute approximate surface area is 126 Å². The van der Waals surface area contributed by atoms with Gasteiger partial charge in [-0.2, -0.15) is 0 Å². The molecule has 0 bridgehead atoms. The molecule has 0 saturated heterocycles. The highest BCUT2D eigenvalue weighted by molar-refractivity contribution is 5.93. The molecule has 1 heteroatoms. The van der Waals surface area contributed by atoms with E-state index in [9.17, 15) is 0 Å². The number of hydrogen-bond acceptors (Lipinski definition) is 1. The smallest absolute Gasteiger partial charge is 0.128 e. The van der Waals surface area contributed by atoms with Crippen molar-refractivity contribution >= 4 is 16.8 Å². The summed E-state index contributed by atoms with van der Waals surface area (Å²) in [5, 5.41) is 2.52. The number of hydrogen-bond donors (Lipinski definition) is 0. The van der Waals surface area contributed by atoms with Gasteiger partial charge < -0.3 is 4.74 Å². The summed E-state index contributed by atoms with van der Waals surface area (Å²) < 4.78 is 6.29. The quantitative estimate of drug-likeness (QED) is 0.649. The molecule has 0 saturated carbocycles. The van der Waals surface area contributed by atoms with Gasteiger partial charge in [-0.1, -0.05) is 48.1 Å². The lowest BCUT2D eigenvalue weighted by atomic mass is 9.93. The van der Waals surface area contributed by atoms with Crippen molar-refractivity contribution in [1.82, 2.24) is 0 Å². The number of rotatable bonds is 3. The Morgan fingerprint density at radius 1 is 1.14 bits per heavy atom. The zero-order valence-corrected chi connectivity index (χ0v) is 13.0. The van der Waals surface area contributed by atoms with Gasteiger partial charge in [0, 0.05) is 5.56 Å². The van der Waals surface area contributed by atoms with Crippen LogP contribution in [-0.4, -0.2) is 5.60 Å². The third-order valence-corrected chi connectivity index (χ3v) is 4.07. The van der Waals surface area contributed by atoms with Crippen LogP contribution in [0.3, 0.4) is 0 Å². The molecule has 0 radical (unpaired) electrons. The Kier molecular flexibility index (Phi) is 3.59. The van der Waals surface area contributed by atoms with E-state index >= 15 is 0 Å². The number of allylic oxidation sites excluding steroid dienone is 2. The normalized spacial score (nSPS) is 20.0. The van der Waals surface area contributed by atoms with Gasteiger partial charge in [-0.25, -0.2) is 0 Å². The second-order valence-electron chi connectivity index (χ2n) is 6.27. The molecule has 1 aliphatic rings. The summed E-state index contributed by atoms with van der Waals surface area (Å²) in [4.78, 5) is 0. The Morgan fingerprint density at radius 2 is 1.95 bits per heavy atom. The molecule has 0 aromatic heterocycles. The summed E-state index contributed by atoms with van der Waals surface area (Å²) >= 11 is 0. The van der Waals surface area contributed by atoms with Crippen LogP contribution >= 0.6 is 0 Å². The predicted molar refractivity (Wildman–Crippen MR) is 90.7 cm³/mol. The molecule has 0 amide bonds. The molecule has 21 heavy (non-hydrogen) atoms. The van der Waals surface area contributed by atoms with Crippen molar-refractivity contribution in [1.29, 1.82) is 0 Å². The van der Waals surface area contributed by atoms with E-state index in [0.717, 1.165) is 18.6 Å². The molecule has 0 fully saturated rings. The molecule has 3 rings (SSSR count). The standard InChI is InChI=1S/C20H22O/c1-15(2)7-6-13-20(3)14-12-18-17-9-5-4-8-16(17)10-11-19(18)21-20/h4-5,7-12,14H,6,13H2,1-3H3.